The van der Waals surface area contributed by atoms with Crippen LogP contribution >= 0.6 is 0 Å². The first-order valence-corrected chi connectivity index (χ1v) is 28.4. The Kier molecular flexibility index (Phi) is 29.9. The zero-order valence-corrected chi connectivity index (χ0v) is 45.7. The molecule has 3 unspecified atom stereocenters. The van der Waals surface area contributed by atoms with Crippen LogP contribution in [0.3, 0.4) is 0 Å². The summed E-state index contributed by atoms with van der Waals surface area (Å²) < 4.78 is 108. The van der Waals surface area contributed by atoms with Crippen molar-refractivity contribution in [3.63, 3.8) is 0 Å². The number of carbonyl (C=O) groups is 10. The Morgan fingerprint density at radius 1 is 0.598 bits per heavy atom. The molecule has 0 aromatic heterocycles. The molecule has 1 aromatic rings. The SMILES string of the molecule is N=C(N)NCCCC(NC(=O)C(CC(=O)O)NC(=O)CCOCCOCCNC(=O)CCS(=O)(=O)c1c(F)c(F)c(S(N)(=O)=O)c(F)c1NC1CCCCCCC1)C(=O)NC(CC(=O)O)C(=O)NC[C@H](N)C(=O)N[C@@H](CC(=O)O)C(=O)O. The number of nitrogens with two attached hydrogens (primary N) is 3. The number of benzene rings is 1. The Labute approximate surface area is 467 Å². The van der Waals surface area contributed by atoms with Gasteiger partial charge in [0.25, 0.3) is 0 Å². The minimum atomic E-state index is -5.22. The van der Waals surface area contributed by atoms with Crippen molar-refractivity contribution in [3.8, 4) is 0 Å². The molecular weight excluding hydrogens is 1150 g/mol. The van der Waals surface area contributed by atoms with Crippen molar-refractivity contribution >= 4 is 90.8 Å². The third kappa shape index (κ3) is 25.5. The Morgan fingerprint density at radius 2 is 1.11 bits per heavy atom. The minimum absolute atomic E-state index is 0.0441. The summed E-state index contributed by atoms with van der Waals surface area (Å²) >= 11 is 0. The largest absolute Gasteiger partial charge is 0.481 e. The summed E-state index contributed by atoms with van der Waals surface area (Å²) in [5.41, 5.74) is 9.84. The van der Waals surface area contributed by atoms with Gasteiger partial charge in [-0.05, 0) is 25.7 Å². The van der Waals surface area contributed by atoms with Crippen molar-refractivity contribution < 1.29 is 108 Å². The van der Waals surface area contributed by atoms with E-state index in [9.17, 15) is 79.4 Å². The number of hydrogen-bond acceptors (Lipinski definition) is 19. The minimum Gasteiger partial charge on any atom is -0.481 e. The fourth-order valence-electron chi connectivity index (χ4n) is 7.72. The van der Waals surface area contributed by atoms with Gasteiger partial charge in [-0.3, -0.25) is 48.6 Å². The summed E-state index contributed by atoms with van der Waals surface area (Å²) in [5, 5.41) is 67.1. The number of nitrogens with one attached hydrogen (secondary N) is 9. The number of sulfone groups is 1. The fraction of sp³-hybridized carbons (Fsp3) is 0.622. The highest BCUT2D eigenvalue weighted by Crippen LogP contribution is 2.37. The van der Waals surface area contributed by atoms with Gasteiger partial charge < -0.3 is 83.9 Å². The third-order valence-corrected chi connectivity index (χ3v) is 14.5. The van der Waals surface area contributed by atoms with Gasteiger partial charge in [0.15, 0.2) is 38.1 Å². The van der Waals surface area contributed by atoms with Crippen LogP contribution in [0.4, 0.5) is 18.9 Å². The molecule has 37 heteroatoms. The van der Waals surface area contributed by atoms with E-state index in [1.807, 2.05) is 5.32 Å². The number of primary sulfonamides is 1. The molecule has 1 aromatic carbocycles. The Morgan fingerprint density at radius 3 is 1.67 bits per heavy atom. The lowest BCUT2D eigenvalue weighted by molar-refractivity contribution is -0.147. The number of halogens is 3. The number of aliphatic carboxylic acids is 4. The van der Waals surface area contributed by atoms with Crippen LogP contribution in [0.2, 0.25) is 0 Å². The van der Waals surface area contributed by atoms with E-state index in [2.05, 4.69) is 37.2 Å². The maximum Gasteiger partial charge on any atom is 0.326 e. The average Bonchev–Trinajstić information content (AvgIpc) is 3.51. The summed E-state index contributed by atoms with van der Waals surface area (Å²) in [6.07, 6.45) is -0.316. The number of guanidine groups is 1. The van der Waals surface area contributed by atoms with E-state index in [-0.39, 0.29) is 52.4 Å². The summed E-state index contributed by atoms with van der Waals surface area (Å²) in [6, 6.07) is -9.72. The number of carboxylic acids is 4. The van der Waals surface area contributed by atoms with E-state index in [1.54, 1.807) is 0 Å². The summed E-state index contributed by atoms with van der Waals surface area (Å²) in [6.45, 7) is -1.90. The molecule has 82 heavy (non-hydrogen) atoms. The monoisotopic (exact) mass is 1220 g/mol. The summed E-state index contributed by atoms with van der Waals surface area (Å²) in [7, 11) is -10.2. The molecule has 0 aliphatic heterocycles. The van der Waals surface area contributed by atoms with Crippen LogP contribution < -0.4 is 59.1 Å². The van der Waals surface area contributed by atoms with Gasteiger partial charge in [-0.25, -0.2) is 39.9 Å². The molecule has 1 saturated carbocycles. The first-order valence-electron chi connectivity index (χ1n) is 25.2. The number of rotatable bonds is 37. The summed E-state index contributed by atoms with van der Waals surface area (Å²) in [5.74, 6) is -21.4. The zero-order chi connectivity index (χ0) is 61.9. The van der Waals surface area contributed by atoms with Crippen LogP contribution in [0.5, 0.6) is 0 Å². The smallest absolute Gasteiger partial charge is 0.326 e. The van der Waals surface area contributed by atoms with Crippen molar-refractivity contribution in [1.29, 1.82) is 5.41 Å². The number of carbonyl (C=O) groups excluding carboxylic acids is 6. The average molecular weight is 1220 g/mol. The number of anilines is 1. The van der Waals surface area contributed by atoms with E-state index in [0.717, 1.165) is 19.3 Å². The molecule has 19 N–H and O–H groups in total. The van der Waals surface area contributed by atoms with Crippen molar-refractivity contribution in [2.24, 2.45) is 16.6 Å². The van der Waals surface area contributed by atoms with Crippen molar-refractivity contribution in [2.75, 3.05) is 57.1 Å². The van der Waals surface area contributed by atoms with Crippen molar-refractivity contribution in [3.05, 3.63) is 17.5 Å². The zero-order valence-electron chi connectivity index (χ0n) is 44.0. The van der Waals surface area contributed by atoms with Crippen LogP contribution in [0.1, 0.15) is 89.9 Å². The molecule has 2 rings (SSSR count). The van der Waals surface area contributed by atoms with Crippen LogP contribution in [0.15, 0.2) is 9.79 Å². The normalized spacial score (nSPS) is 14.8. The lowest BCUT2D eigenvalue weighted by atomic mass is 9.96. The molecule has 0 bridgehead atoms. The molecule has 462 valence electrons. The highest BCUT2D eigenvalue weighted by molar-refractivity contribution is 7.91. The van der Waals surface area contributed by atoms with Crippen LogP contribution in [-0.4, -0.2) is 191 Å². The number of carboxylic acid groups (broad SMARTS) is 4. The molecule has 0 radical (unpaired) electrons. The first-order chi connectivity index (χ1) is 38.4. The standard InChI is InChI=1S/C45H69F3N12O20S2/c46-34-35(47)39(37(36(48)38(34)82(52,77)78)56-23-7-4-2-1-3-5-8-23)81(75,76)18-11-29(61)53-13-15-80-17-16-79-14-10-30(62)57-27(20-32(65)66)43(72)58-25(9-6-12-54-45(50)51)42(71)59-26(19-31(63)64)41(70)55-22-24(49)40(69)60-28(44(73)74)21-33(67)68/h23-28,56H,1-22,49H2,(H,53,61)(H,55,70)(H,57,62)(H,58,72)(H,59,71)(H,60,69)(H,63,64)(H,65,66)(H,67,68)(H,73,74)(H4,50,51,54)(H2,52,77,78)/t24-,25?,26?,27?,28-/m0/s1. The molecule has 0 heterocycles. The molecule has 0 saturated heterocycles. The topological polar surface area (TPSA) is 537 Å². The first kappa shape index (κ1) is 70.6. The number of ether oxygens (including phenoxy) is 2. The second-order valence-corrected chi connectivity index (χ2v) is 21.9. The van der Waals surface area contributed by atoms with E-state index in [0.29, 0.717) is 25.7 Å². The van der Waals surface area contributed by atoms with Gasteiger partial charge in [0, 0.05) is 38.5 Å². The van der Waals surface area contributed by atoms with Gasteiger partial charge in [0.1, 0.15) is 35.1 Å². The molecule has 0 spiro atoms. The van der Waals surface area contributed by atoms with Gasteiger partial charge in [-0.15, -0.1) is 0 Å². The second kappa shape index (κ2) is 34.7. The van der Waals surface area contributed by atoms with Crippen LogP contribution in [0.25, 0.3) is 0 Å². The highest BCUT2D eigenvalue weighted by Gasteiger charge is 2.38. The van der Waals surface area contributed by atoms with Crippen LogP contribution in [0, 0.1) is 22.9 Å². The van der Waals surface area contributed by atoms with E-state index >= 15 is 8.78 Å². The highest BCUT2D eigenvalue weighted by atomic mass is 32.2. The molecule has 5 atom stereocenters. The van der Waals surface area contributed by atoms with Crippen molar-refractivity contribution in [2.45, 2.75) is 136 Å². The third-order valence-electron chi connectivity index (χ3n) is 11.8. The fourth-order valence-corrected chi connectivity index (χ4v) is 9.89. The van der Waals surface area contributed by atoms with Gasteiger partial charge in [-0.1, -0.05) is 32.1 Å². The van der Waals surface area contributed by atoms with Crippen molar-refractivity contribution in [1.82, 2.24) is 37.2 Å². The maximum atomic E-state index is 15.7. The Balaban J connectivity index is 1.97. The maximum absolute atomic E-state index is 15.7. The second-order valence-electron chi connectivity index (χ2n) is 18.4. The van der Waals surface area contributed by atoms with Gasteiger partial charge >= 0.3 is 23.9 Å². The van der Waals surface area contributed by atoms with Gasteiger partial charge in [-0.2, -0.15) is 0 Å². The number of amides is 6. The predicted molar refractivity (Wildman–Crippen MR) is 276 cm³/mol. The lowest BCUT2D eigenvalue weighted by Gasteiger charge is -2.25. The lowest BCUT2D eigenvalue weighted by Crippen LogP contribution is -2.58. The predicted octanol–water partition coefficient (Wildman–Crippen LogP) is -3.87. The summed E-state index contributed by atoms with van der Waals surface area (Å²) in [4.78, 5) is 120. The Bertz CT molecular complexity index is 2700. The van der Waals surface area contributed by atoms with E-state index < -0.39 is 199 Å². The number of sulfonamides is 1. The quantitative estimate of drug-likeness (QED) is 0.0131. The number of hydrogen-bond donors (Lipinski definition) is 16. The van der Waals surface area contributed by atoms with E-state index in [4.69, 9.17) is 41.7 Å². The molecule has 32 nitrogen and oxygen atoms in total. The van der Waals surface area contributed by atoms with Crippen LogP contribution in [-0.2, 0) is 77.3 Å². The molecule has 1 aliphatic rings. The molecule has 6 amide bonds. The molecule has 1 aliphatic carbocycles. The van der Waals surface area contributed by atoms with E-state index in [1.165, 1.54) is 0 Å². The van der Waals surface area contributed by atoms with Gasteiger partial charge in [0.05, 0.1) is 57.1 Å². The molecule has 1 fully saturated rings. The Hall–Kier alpha value is -7.48. The van der Waals surface area contributed by atoms with Gasteiger partial charge in [0.2, 0.25) is 45.5 Å². The molecular formula is C45H69F3N12O20S2.